The summed E-state index contributed by atoms with van der Waals surface area (Å²) in [6, 6.07) is 0. The molecule has 0 unspecified atom stereocenters. The predicted molar refractivity (Wildman–Crippen MR) is 88.1 cm³/mol. The molecule has 24 heavy (non-hydrogen) atoms. The van der Waals surface area contributed by atoms with Crippen molar-refractivity contribution >= 4 is 11.9 Å². The molecule has 2 rings (SSSR count). The molecular formula is C20H12O4. The van der Waals surface area contributed by atoms with E-state index in [0.29, 0.717) is 11.1 Å². The lowest BCUT2D eigenvalue weighted by atomic mass is 10.1. The molecule has 0 fully saturated rings. The van der Waals surface area contributed by atoms with Gasteiger partial charge in [-0.1, -0.05) is 35.8 Å². The lowest BCUT2D eigenvalue weighted by molar-refractivity contribution is -0.138. The van der Waals surface area contributed by atoms with Gasteiger partial charge >= 0.3 is 11.9 Å². The normalized spacial score (nSPS) is 13.9. The van der Waals surface area contributed by atoms with Crippen LogP contribution in [-0.4, -0.2) is 26.2 Å². The maximum Gasteiger partial charge on any atom is 0.348 e. The largest absolute Gasteiger partial charge is 0.465 e. The van der Waals surface area contributed by atoms with Crippen LogP contribution in [0, 0.1) is 23.7 Å². The molecular weight excluding hydrogens is 304 g/mol. The zero-order valence-corrected chi connectivity index (χ0v) is 13.1. The zero-order valence-electron chi connectivity index (χ0n) is 13.1. The number of ether oxygens (including phenoxy) is 2. The topological polar surface area (TPSA) is 52.6 Å². The number of hydrogen-bond acceptors (Lipinski definition) is 4. The van der Waals surface area contributed by atoms with Crippen molar-refractivity contribution in [2.24, 2.45) is 0 Å². The fourth-order valence-corrected chi connectivity index (χ4v) is 1.71. The van der Waals surface area contributed by atoms with E-state index in [2.05, 4.69) is 35.1 Å². The second-order valence-corrected chi connectivity index (χ2v) is 4.40. The van der Waals surface area contributed by atoms with Crippen molar-refractivity contribution < 1.29 is 19.1 Å². The second kappa shape index (κ2) is 8.08. The summed E-state index contributed by atoms with van der Waals surface area (Å²) in [4.78, 5) is 24.0. The van der Waals surface area contributed by atoms with E-state index in [4.69, 9.17) is 9.47 Å². The van der Waals surface area contributed by atoms with Gasteiger partial charge in [0.25, 0.3) is 0 Å². The van der Waals surface area contributed by atoms with Gasteiger partial charge in [0.2, 0.25) is 0 Å². The Morgan fingerprint density at radius 2 is 1.25 bits per heavy atom. The predicted octanol–water partition coefficient (Wildman–Crippen LogP) is 1.94. The first-order valence-electron chi connectivity index (χ1n) is 6.87. The minimum atomic E-state index is -0.768. The van der Waals surface area contributed by atoms with E-state index in [9.17, 15) is 9.59 Å². The van der Waals surface area contributed by atoms with Crippen molar-refractivity contribution in [1.82, 2.24) is 0 Å². The highest BCUT2D eigenvalue weighted by Gasteiger charge is 2.20. The Labute approximate surface area is 139 Å². The SMILES string of the molecule is COC(=O)/C(C#CC1=C=CC=C1)=C(\C#CC1=C=CC=C1)C(=O)OC. The molecule has 0 aromatic heterocycles. The van der Waals surface area contributed by atoms with Crippen LogP contribution in [0.1, 0.15) is 0 Å². The minimum Gasteiger partial charge on any atom is -0.465 e. The lowest BCUT2D eigenvalue weighted by Crippen LogP contribution is -2.13. The van der Waals surface area contributed by atoms with Crippen LogP contribution in [-0.2, 0) is 19.1 Å². The third kappa shape index (κ3) is 4.17. The highest BCUT2D eigenvalue weighted by atomic mass is 16.5. The maximum atomic E-state index is 12.0. The Hall–Kier alpha value is -3.68. The third-order valence-corrected chi connectivity index (χ3v) is 2.87. The van der Waals surface area contributed by atoms with Gasteiger partial charge in [-0.25, -0.2) is 9.59 Å². The van der Waals surface area contributed by atoms with Crippen LogP contribution < -0.4 is 0 Å². The van der Waals surface area contributed by atoms with Crippen molar-refractivity contribution in [3.63, 3.8) is 0 Å². The highest BCUT2D eigenvalue weighted by molar-refractivity contribution is 6.06. The van der Waals surface area contributed by atoms with Crippen LogP contribution in [0.2, 0.25) is 0 Å². The summed E-state index contributed by atoms with van der Waals surface area (Å²) < 4.78 is 9.40. The highest BCUT2D eigenvalue weighted by Crippen LogP contribution is 2.10. The summed E-state index contributed by atoms with van der Waals surface area (Å²) in [5, 5.41) is 0. The summed E-state index contributed by atoms with van der Waals surface area (Å²) in [7, 11) is 2.40. The van der Waals surface area contributed by atoms with E-state index in [1.54, 1.807) is 36.5 Å². The third-order valence-electron chi connectivity index (χ3n) is 2.87. The first kappa shape index (κ1) is 16.7. The van der Waals surface area contributed by atoms with Gasteiger partial charge in [-0.3, -0.25) is 0 Å². The maximum absolute atomic E-state index is 12.0. The fourth-order valence-electron chi connectivity index (χ4n) is 1.71. The number of esters is 2. The molecule has 0 amide bonds. The Morgan fingerprint density at radius 1 is 0.833 bits per heavy atom. The molecule has 0 saturated carbocycles. The molecule has 116 valence electrons. The molecule has 0 aromatic rings. The smallest absolute Gasteiger partial charge is 0.348 e. The lowest BCUT2D eigenvalue weighted by Gasteiger charge is -2.02. The van der Waals surface area contributed by atoms with Gasteiger partial charge in [0.15, 0.2) is 0 Å². The average molecular weight is 316 g/mol. The molecule has 0 spiro atoms. The van der Waals surface area contributed by atoms with E-state index in [1.807, 2.05) is 0 Å². The van der Waals surface area contributed by atoms with E-state index in [1.165, 1.54) is 14.2 Å². The number of allylic oxidation sites excluding steroid dienone is 6. The summed E-state index contributed by atoms with van der Waals surface area (Å²) in [5.74, 6) is 9.21. The van der Waals surface area contributed by atoms with Crippen molar-refractivity contribution in [2.75, 3.05) is 14.2 Å². The van der Waals surface area contributed by atoms with Gasteiger partial charge in [-0.15, -0.1) is 11.5 Å². The number of rotatable bonds is 2. The molecule has 4 heteroatoms. The molecule has 0 aromatic carbocycles. The van der Waals surface area contributed by atoms with E-state index in [-0.39, 0.29) is 11.1 Å². The monoisotopic (exact) mass is 316 g/mol. The quantitative estimate of drug-likeness (QED) is 0.338. The van der Waals surface area contributed by atoms with Gasteiger partial charge < -0.3 is 9.47 Å². The number of carbonyl (C=O) groups excluding carboxylic acids is 2. The van der Waals surface area contributed by atoms with Crippen LogP contribution in [0.4, 0.5) is 0 Å². The summed E-state index contributed by atoms with van der Waals surface area (Å²) in [6.07, 6.45) is 10.4. The summed E-state index contributed by atoms with van der Waals surface area (Å²) >= 11 is 0. The Bertz CT molecular complexity index is 853. The van der Waals surface area contributed by atoms with Gasteiger partial charge in [0.05, 0.1) is 25.4 Å². The molecule has 0 aliphatic heterocycles. The van der Waals surface area contributed by atoms with Crippen molar-refractivity contribution in [1.29, 1.82) is 0 Å². The van der Waals surface area contributed by atoms with E-state index < -0.39 is 11.9 Å². The number of carbonyl (C=O) groups is 2. The van der Waals surface area contributed by atoms with Crippen LogP contribution in [0.5, 0.6) is 0 Å². The summed E-state index contributed by atoms with van der Waals surface area (Å²) in [6.45, 7) is 0. The molecule has 0 saturated heterocycles. The van der Waals surface area contributed by atoms with Crippen molar-refractivity contribution in [3.05, 3.63) is 70.2 Å². The standard InChI is InChI=1S/C20H12O4/c1-23-19(21)17(13-11-15-7-3-4-8-15)18(20(22)24-2)14-12-16-9-5-6-10-16/h3-7,9H,1-2H3/b18-17+. The fraction of sp³-hybridized carbons (Fsp3) is 0.100. The molecule has 0 radical (unpaired) electrons. The van der Waals surface area contributed by atoms with Crippen LogP contribution in [0.15, 0.2) is 70.2 Å². The zero-order chi connectivity index (χ0) is 17.4. The molecule has 0 heterocycles. The van der Waals surface area contributed by atoms with E-state index >= 15 is 0 Å². The first-order valence-corrected chi connectivity index (χ1v) is 6.87. The van der Waals surface area contributed by atoms with E-state index in [0.717, 1.165) is 0 Å². The van der Waals surface area contributed by atoms with Crippen molar-refractivity contribution in [3.8, 4) is 23.7 Å². The Morgan fingerprint density at radius 3 is 1.54 bits per heavy atom. The van der Waals surface area contributed by atoms with Crippen molar-refractivity contribution in [2.45, 2.75) is 0 Å². The molecule has 0 atom stereocenters. The van der Waals surface area contributed by atoms with Crippen LogP contribution >= 0.6 is 0 Å². The van der Waals surface area contributed by atoms with Gasteiger partial charge in [-0.05, 0) is 24.3 Å². The Balaban J connectivity index is 2.54. The van der Waals surface area contributed by atoms with Crippen LogP contribution in [0.3, 0.4) is 0 Å². The van der Waals surface area contributed by atoms with Crippen LogP contribution in [0.25, 0.3) is 0 Å². The molecule has 0 N–H and O–H groups in total. The summed E-state index contributed by atoms with van der Waals surface area (Å²) in [5.41, 5.74) is 6.59. The Kier molecular flexibility index (Phi) is 5.62. The average Bonchev–Trinajstić information content (AvgIpc) is 3.30. The second-order valence-electron chi connectivity index (χ2n) is 4.40. The first-order chi connectivity index (χ1) is 11.7. The molecule has 2 aliphatic carbocycles. The number of methoxy groups -OCH3 is 2. The van der Waals surface area contributed by atoms with Gasteiger partial charge in [0, 0.05) is 0 Å². The molecule has 0 bridgehead atoms. The molecule has 4 nitrogen and oxygen atoms in total. The molecule has 2 aliphatic rings. The van der Waals surface area contributed by atoms with Gasteiger partial charge in [0.1, 0.15) is 11.1 Å². The minimum absolute atomic E-state index is 0.169. The number of hydrogen-bond donors (Lipinski definition) is 0. The van der Waals surface area contributed by atoms with Gasteiger partial charge in [-0.2, -0.15) is 0 Å².